The number of ether oxygens (including phenoxy) is 1. The van der Waals surface area contributed by atoms with Crippen LogP contribution in [0.2, 0.25) is 0 Å². The van der Waals surface area contributed by atoms with E-state index in [4.69, 9.17) is 25.2 Å². The molecule has 0 aliphatic heterocycles. The number of aliphatic hydroxyl groups excluding tert-OH is 2. The van der Waals surface area contributed by atoms with Crippen molar-refractivity contribution >= 4 is 23.7 Å². The highest BCUT2D eigenvalue weighted by atomic mass is 16.5. The number of anilines is 1. The molecule has 3 unspecified atom stereocenters. The lowest BCUT2D eigenvalue weighted by molar-refractivity contribution is -0.165. The number of hydrogen-bond donors (Lipinski definition) is 6. The zero-order valence-corrected chi connectivity index (χ0v) is 20.7. The predicted molar refractivity (Wildman–Crippen MR) is 127 cm³/mol. The van der Waals surface area contributed by atoms with E-state index < -0.39 is 29.6 Å². The summed E-state index contributed by atoms with van der Waals surface area (Å²) in [5.41, 5.74) is -0.475. The molecule has 0 aliphatic rings. The highest BCUT2D eigenvalue weighted by molar-refractivity contribution is 5.94. The number of nitrogens with zero attached hydrogens (tertiary/aromatic N) is 1. The molecular weight excluding hydrogens is 446 g/mol. The van der Waals surface area contributed by atoms with Gasteiger partial charge in [-0.25, -0.2) is 14.6 Å². The number of carboxylic acid groups (broad SMARTS) is 2. The van der Waals surface area contributed by atoms with Gasteiger partial charge in [-0.1, -0.05) is 41.5 Å². The van der Waals surface area contributed by atoms with Crippen molar-refractivity contribution in [3.8, 4) is 5.75 Å². The summed E-state index contributed by atoms with van der Waals surface area (Å²) >= 11 is 0. The Labute approximate surface area is 200 Å². The minimum atomic E-state index is -2.27. The highest BCUT2D eigenvalue weighted by Crippen LogP contribution is 2.26. The van der Waals surface area contributed by atoms with Crippen LogP contribution in [0.5, 0.6) is 5.75 Å². The summed E-state index contributed by atoms with van der Waals surface area (Å²) in [4.78, 5) is 36.1. The molecule has 11 nitrogen and oxygen atoms in total. The lowest BCUT2D eigenvalue weighted by Crippen LogP contribution is -2.39. The monoisotopic (exact) mass is 485 g/mol. The summed E-state index contributed by atoms with van der Waals surface area (Å²) in [6.07, 6.45) is -0.879. The average Bonchev–Trinajstić information content (AvgIpc) is 2.73. The van der Waals surface area contributed by atoms with Gasteiger partial charge in [-0.2, -0.15) is 0 Å². The molecule has 1 amide bonds. The van der Waals surface area contributed by atoms with Crippen molar-refractivity contribution in [1.29, 1.82) is 0 Å². The van der Waals surface area contributed by atoms with Crippen LogP contribution in [0.25, 0.3) is 0 Å². The molecule has 0 aromatic carbocycles. The minimum Gasteiger partial charge on any atom is -0.486 e. The Kier molecular flexibility index (Phi) is 14.0. The van der Waals surface area contributed by atoms with E-state index >= 15 is 0 Å². The van der Waals surface area contributed by atoms with Crippen LogP contribution in [0.4, 0.5) is 5.82 Å². The van der Waals surface area contributed by atoms with Crippen molar-refractivity contribution < 1.29 is 39.5 Å². The molecule has 1 aromatic rings. The quantitative estimate of drug-likeness (QED) is 0.239. The van der Waals surface area contributed by atoms with Gasteiger partial charge in [0.15, 0.2) is 23.8 Å². The van der Waals surface area contributed by atoms with Gasteiger partial charge in [0, 0.05) is 11.6 Å². The molecule has 0 spiro atoms. The van der Waals surface area contributed by atoms with Crippen molar-refractivity contribution in [2.24, 2.45) is 11.3 Å². The van der Waals surface area contributed by atoms with Crippen LogP contribution in [0.15, 0.2) is 18.3 Å². The molecule has 1 aromatic heterocycles. The Balaban J connectivity index is 0.000000916. The number of carbonyl (C=O) groups excluding carboxylic acids is 1. The number of carboxylic acids is 2. The minimum absolute atomic E-state index is 0.0703. The fourth-order valence-corrected chi connectivity index (χ4v) is 2.51. The van der Waals surface area contributed by atoms with Crippen LogP contribution in [0.3, 0.4) is 0 Å². The second-order valence-corrected chi connectivity index (χ2v) is 9.13. The Morgan fingerprint density at radius 1 is 1.09 bits per heavy atom. The lowest BCUT2D eigenvalue weighted by atomic mass is 9.96. The molecule has 0 fully saturated rings. The number of pyridine rings is 1. The molecule has 1 rings (SSSR count). The number of aromatic nitrogens is 1. The molecule has 34 heavy (non-hydrogen) atoms. The van der Waals surface area contributed by atoms with Crippen molar-refractivity contribution in [1.82, 2.24) is 10.3 Å². The van der Waals surface area contributed by atoms with Crippen LogP contribution >= 0.6 is 0 Å². The maximum atomic E-state index is 12.2. The van der Waals surface area contributed by atoms with Gasteiger partial charge in [0.05, 0.1) is 0 Å². The zero-order valence-electron chi connectivity index (χ0n) is 20.7. The SMILES string of the molecule is CCNCCC(CC(C)C)Oc1cccnc1NC(=O)C(C)(C)C.O=C(O)C(O)C(O)C(=O)O. The van der Waals surface area contributed by atoms with Gasteiger partial charge >= 0.3 is 11.9 Å². The van der Waals surface area contributed by atoms with Gasteiger partial charge in [0.2, 0.25) is 5.91 Å². The van der Waals surface area contributed by atoms with E-state index in [-0.39, 0.29) is 12.0 Å². The normalized spacial score (nSPS) is 13.8. The molecule has 0 aliphatic carbocycles. The Morgan fingerprint density at radius 3 is 2.09 bits per heavy atom. The van der Waals surface area contributed by atoms with Gasteiger partial charge in [0.25, 0.3) is 0 Å². The number of aliphatic hydroxyl groups is 2. The topological polar surface area (TPSA) is 178 Å². The fourth-order valence-electron chi connectivity index (χ4n) is 2.51. The zero-order chi connectivity index (χ0) is 26.5. The van der Waals surface area contributed by atoms with Gasteiger partial charge in [0.1, 0.15) is 6.10 Å². The van der Waals surface area contributed by atoms with E-state index in [1.54, 1.807) is 6.20 Å². The maximum Gasteiger partial charge on any atom is 0.335 e. The van der Waals surface area contributed by atoms with Crippen LogP contribution in [0, 0.1) is 11.3 Å². The summed E-state index contributed by atoms with van der Waals surface area (Å²) in [5.74, 6) is -1.93. The summed E-state index contributed by atoms with van der Waals surface area (Å²) < 4.78 is 6.20. The summed E-state index contributed by atoms with van der Waals surface area (Å²) in [6, 6.07) is 3.70. The van der Waals surface area contributed by atoms with Crippen LogP contribution in [0.1, 0.15) is 54.4 Å². The Bertz CT molecular complexity index is 762. The Hall–Kier alpha value is -2.76. The van der Waals surface area contributed by atoms with Crippen LogP contribution < -0.4 is 15.4 Å². The second-order valence-electron chi connectivity index (χ2n) is 9.13. The largest absolute Gasteiger partial charge is 0.486 e. The molecule has 6 N–H and O–H groups in total. The first-order chi connectivity index (χ1) is 15.7. The number of rotatable bonds is 12. The van der Waals surface area contributed by atoms with E-state index in [1.807, 2.05) is 32.9 Å². The predicted octanol–water partition coefficient (Wildman–Crippen LogP) is 1.74. The van der Waals surface area contributed by atoms with Crippen molar-refractivity contribution in [2.45, 2.75) is 72.7 Å². The lowest BCUT2D eigenvalue weighted by Gasteiger charge is -2.23. The molecule has 0 saturated carbocycles. The maximum absolute atomic E-state index is 12.2. The number of aliphatic carboxylic acids is 2. The fraction of sp³-hybridized carbons (Fsp3) is 0.652. The Morgan fingerprint density at radius 2 is 1.65 bits per heavy atom. The summed E-state index contributed by atoms with van der Waals surface area (Å²) in [5, 5.41) is 38.8. The molecule has 0 bridgehead atoms. The van der Waals surface area contributed by atoms with Crippen LogP contribution in [-0.2, 0) is 14.4 Å². The molecule has 11 heteroatoms. The second kappa shape index (κ2) is 15.2. The van der Waals surface area contributed by atoms with E-state index in [2.05, 4.69) is 36.4 Å². The van der Waals surface area contributed by atoms with E-state index in [1.165, 1.54) is 0 Å². The third kappa shape index (κ3) is 12.5. The van der Waals surface area contributed by atoms with E-state index in [9.17, 15) is 14.4 Å². The highest BCUT2D eigenvalue weighted by Gasteiger charge is 2.29. The summed E-state index contributed by atoms with van der Waals surface area (Å²) in [7, 11) is 0. The van der Waals surface area contributed by atoms with Gasteiger partial charge in [-0.05, 0) is 44.0 Å². The van der Waals surface area contributed by atoms with Crippen molar-refractivity contribution in [2.75, 3.05) is 18.4 Å². The molecule has 1 heterocycles. The molecule has 194 valence electrons. The third-order valence-corrected chi connectivity index (χ3v) is 4.41. The van der Waals surface area contributed by atoms with E-state index in [0.29, 0.717) is 17.5 Å². The summed E-state index contributed by atoms with van der Waals surface area (Å²) in [6.45, 7) is 14.0. The van der Waals surface area contributed by atoms with Crippen molar-refractivity contribution in [3.05, 3.63) is 18.3 Å². The number of hydrogen-bond acceptors (Lipinski definition) is 8. The number of nitrogens with one attached hydrogen (secondary N) is 2. The molecule has 3 atom stereocenters. The first-order valence-corrected chi connectivity index (χ1v) is 11.2. The number of amides is 1. The standard InChI is InChI=1S/C19H33N3O2.C4H6O6/c1-7-20-12-10-15(13-14(2)3)24-16-9-8-11-21-17(16)22-18(23)19(4,5)6;5-1(3(7)8)2(6)4(9)10/h8-9,11,14-15,20H,7,10,12-13H2,1-6H3,(H,21,22,23);1-2,5-6H,(H,7,8)(H,9,10). The van der Waals surface area contributed by atoms with Gasteiger partial charge in [-0.3, -0.25) is 4.79 Å². The van der Waals surface area contributed by atoms with Gasteiger partial charge < -0.3 is 35.8 Å². The average molecular weight is 486 g/mol. The first-order valence-electron chi connectivity index (χ1n) is 11.2. The van der Waals surface area contributed by atoms with Crippen LogP contribution in [-0.4, -0.2) is 74.7 Å². The van der Waals surface area contributed by atoms with E-state index in [0.717, 1.165) is 25.9 Å². The smallest absolute Gasteiger partial charge is 0.335 e. The van der Waals surface area contributed by atoms with Crippen molar-refractivity contribution in [3.63, 3.8) is 0 Å². The molecule has 0 saturated heterocycles. The third-order valence-electron chi connectivity index (χ3n) is 4.41. The number of carbonyl (C=O) groups is 3. The first kappa shape index (κ1) is 31.2. The van der Waals surface area contributed by atoms with Gasteiger partial charge in [-0.15, -0.1) is 0 Å². The molecule has 0 radical (unpaired) electrons. The molecular formula is C23H39N3O8.